The second-order valence-corrected chi connectivity index (χ2v) is 5.16. The number of ether oxygens (including phenoxy) is 1. The Balaban J connectivity index is 2.43. The normalized spacial score (nSPS) is 19.8. The van der Waals surface area contributed by atoms with Crippen LogP contribution in [0.1, 0.15) is 19.8 Å². The van der Waals surface area contributed by atoms with Gasteiger partial charge in [0.15, 0.2) is 0 Å². The Labute approximate surface area is 106 Å². The van der Waals surface area contributed by atoms with Crippen LogP contribution in [0.4, 0.5) is 0 Å². The Bertz CT molecular complexity index is 220. The minimum atomic E-state index is -0.215. The number of alkyl halides is 1. The highest BCUT2D eigenvalue weighted by Gasteiger charge is 2.24. The van der Waals surface area contributed by atoms with Crippen LogP contribution in [0.5, 0.6) is 0 Å². The van der Waals surface area contributed by atoms with Gasteiger partial charge in [0.2, 0.25) is 0 Å². The van der Waals surface area contributed by atoms with E-state index in [9.17, 15) is 4.79 Å². The van der Waals surface area contributed by atoms with E-state index in [1.807, 2.05) is 0 Å². The number of hydrogen-bond acceptors (Lipinski definition) is 4. The molecule has 0 saturated carbocycles. The summed E-state index contributed by atoms with van der Waals surface area (Å²) in [5, 5.41) is 3.35. The molecule has 0 aliphatic carbocycles. The molecule has 94 valence electrons. The van der Waals surface area contributed by atoms with Gasteiger partial charge in [-0.2, -0.15) is 0 Å². The predicted octanol–water partition coefficient (Wildman–Crippen LogP) is 0.997. The van der Waals surface area contributed by atoms with Crippen LogP contribution in [0.25, 0.3) is 0 Å². The molecule has 1 rings (SSSR count). The fourth-order valence-electron chi connectivity index (χ4n) is 2.12. The number of methoxy groups -OCH3 is 1. The smallest absolute Gasteiger partial charge is 0.320 e. The summed E-state index contributed by atoms with van der Waals surface area (Å²) in [6.07, 6.45) is 2.32. The van der Waals surface area contributed by atoms with Crippen molar-refractivity contribution in [3.63, 3.8) is 0 Å². The summed E-state index contributed by atoms with van der Waals surface area (Å²) in [4.78, 5) is 13.5. The molecular formula is C11H21BrN2O2. The first kappa shape index (κ1) is 13.9. The molecule has 16 heavy (non-hydrogen) atoms. The average molecular weight is 293 g/mol. The summed E-state index contributed by atoms with van der Waals surface area (Å²) < 4.78 is 4.72. The van der Waals surface area contributed by atoms with Crippen molar-refractivity contribution in [2.75, 3.05) is 33.3 Å². The maximum absolute atomic E-state index is 11.3. The van der Waals surface area contributed by atoms with Crippen LogP contribution in [0.15, 0.2) is 0 Å². The van der Waals surface area contributed by atoms with Crippen LogP contribution in [0.3, 0.4) is 0 Å². The summed E-state index contributed by atoms with van der Waals surface area (Å²) in [6.45, 7) is 6.00. The summed E-state index contributed by atoms with van der Waals surface area (Å²) in [6, 6.07) is 0.593. The second-order valence-electron chi connectivity index (χ2n) is 4.06. The molecule has 0 radical (unpaired) electrons. The van der Waals surface area contributed by atoms with E-state index in [1.54, 1.807) is 0 Å². The number of carbonyl (C=O) groups excluding carboxylic acids is 1. The van der Waals surface area contributed by atoms with E-state index in [0.717, 1.165) is 39.0 Å². The molecule has 1 aliphatic rings. The van der Waals surface area contributed by atoms with E-state index < -0.39 is 0 Å². The predicted molar refractivity (Wildman–Crippen MR) is 67.9 cm³/mol. The molecule has 1 aliphatic heterocycles. The SMILES string of the molecule is CCN(CC(Br)C(=O)OC)C1CCNCC1. The monoisotopic (exact) mass is 292 g/mol. The number of nitrogens with zero attached hydrogens (tertiary/aromatic N) is 1. The molecule has 4 nitrogen and oxygen atoms in total. The van der Waals surface area contributed by atoms with Crippen molar-refractivity contribution in [3.8, 4) is 0 Å². The van der Waals surface area contributed by atoms with Gasteiger partial charge in [-0.05, 0) is 32.5 Å². The number of rotatable bonds is 5. The second kappa shape index (κ2) is 7.25. The Hall–Kier alpha value is -0.130. The number of piperidine rings is 1. The molecule has 0 bridgehead atoms. The van der Waals surface area contributed by atoms with E-state index in [1.165, 1.54) is 7.11 Å². The van der Waals surface area contributed by atoms with Crippen LogP contribution >= 0.6 is 15.9 Å². The lowest BCUT2D eigenvalue weighted by atomic mass is 10.0. The molecule has 0 aromatic carbocycles. The van der Waals surface area contributed by atoms with Gasteiger partial charge in [-0.25, -0.2) is 0 Å². The van der Waals surface area contributed by atoms with E-state index >= 15 is 0 Å². The van der Waals surface area contributed by atoms with Crippen molar-refractivity contribution >= 4 is 21.9 Å². The molecule has 1 fully saturated rings. The zero-order chi connectivity index (χ0) is 12.0. The van der Waals surface area contributed by atoms with Crippen LogP contribution < -0.4 is 5.32 Å². The van der Waals surface area contributed by atoms with Crippen LogP contribution in [0.2, 0.25) is 0 Å². The van der Waals surface area contributed by atoms with Crippen molar-refractivity contribution in [2.45, 2.75) is 30.6 Å². The fraction of sp³-hybridized carbons (Fsp3) is 0.909. The zero-order valence-electron chi connectivity index (χ0n) is 10.0. The third kappa shape index (κ3) is 4.03. The maximum Gasteiger partial charge on any atom is 0.320 e. The fourth-order valence-corrected chi connectivity index (χ4v) is 2.68. The minimum absolute atomic E-state index is 0.188. The van der Waals surface area contributed by atoms with Crippen molar-refractivity contribution in [2.24, 2.45) is 0 Å². The first-order chi connectivity index (χ1) is 7.69. The number of esters is 1. The molecular weight excluding hydrogens is 272 g/mol. The van der Waals surface area contributed by atoms with Gasteiger partial charge in [0.1, 0.15) is 4.83 Å². The lowest BCUT2D eigenvalue weighted by molar-refractivity contribution is -0.140. The molecule has 0 aromatic heterocycles. The molecule has 0 amide bonds. The van der Waals surface area contributed by atoms with Gasteiger partial charge in [-0.15, -0.1) is 0 Å². The highest BCUT2D eigenvalue weighted by atomic mass is 79.9. The number of carbonyl (C=O) groups is 1. The largest absolute Gasteiger partial charge is 0.468 e. The highest BCUT2D eigenvalue weighted by Crippen LogP contribution is 2.14. The molecule has 1 atom stereocenters. The number of nitrogens with one attached hydrogen (secondary N) is 1. The molecule has 5 heteroatoms. The first-order valence-corrected chi connectivity index (χ1v) is 6.77. The quantitative estimate of drug-likeness (QED) is 0.606. The van der Waals surface area contributed by atoms with Crippen molar-refractivity contribution in [1.82, 2.24) is 10.2 Å². The standard InChI is InChI=1S/C11H21BrN2O2/c1-3-14(8-10(12)11(15)16-2)9-4-6-13-7-5-9/h9-10,13H,3-8H2,1-2H3. The summed E-state index contributed by atoms with van der Waals surface area (Å²) in [5.41, 5.74) is 0. The zero-order valence-corrected chi connectivity index (χ0v) is 11.6. The third-order valence-electron chi connectivity index (χ3n) is 3.08. The lowest BCUT2D eigenvalue weighted by Gasteiger charge is -2.34. The van der Waals surface area contributed by atoms with Crippen molar-refractivity contribution in [1.29, 1.82) is 0 Å². The van der Waals surface area contributed by atoms with E-state index in [4.69, 9.17) is 4.74 Å². The molecule has 0 aromatic rings. The van der Waals surface area contributed by atoms with Gasteiger partial charge in [-0.3, -0.25) is 9.69 Å². The number of halogens is 1. The minimum Gasteiger partial charge on any atom is -0.468 e. The summed E-state index contributed by atoms with van der Waals surface area (Å²) in [5.74, 6) is -0.188. The molecule has 1 N–H and O–H groups in total. The van der Waals surface area contributed by atoms with Crippen molar-refractivity contribution < 1.29 is 9.53 Å². The van der Waals surface area contributed by atoms with Crippen molar-refractivity contribution in [3.05, 3.63) is 0 Å². The topological polar surface area (TPSA) is 41.6 Å². The van der Waals surface area contributed by atoms with E-state index in [-0.39, 0.29) is 10.8 Å². The summed E-state index contributed by atoms with van der Waals surface area (Å²) in [7, 11) is 1.43. The summed E-state index contributed by atoms with van der Waals surface area (Å²) >= 11 is 3.38. The molecule has 1 saturated heterocycles. The molecule has 1 unspecified atom stereocenters. The first-order valence-electron chi connectivity index (χ1n) is 5.85. The van der Waals surface area contributed by atoms with Gasteiger partial charge in [-0.1, -0.05) is 22.9 Å². The van der Waals surface area contributed by atoms with Gasteiger partial charge >= 0.3 is 5.97 Å². The van der Waals surface area contributed by atoms with Crippen LogP contribution in [-0.4, -0.2) is 55.0 Å². The third-order valence-corrected chi connectivity index (χ3v) is 3.75. The van der Waals surface area contributed by atoms with Gasteiger partial charge < -0.3 is 10.1 Å². The van der Waals surface area contributed by atoms with Crippen LogP contribution in [0, 0.1) is 0 Å². The van der Waals surface area contributed by atoms with E-state index in [2.05, 4.69) is 33.1 Å². The Morgan fingerprint density at radius 2 is 2.19 bits per heavy atom. The maximum atomic E-state index is 11.3. The number of hydrogen-bond donors (Lipinski definition) is 1. The Morgan fingerprint density at radius 3 is 2.69 bits per heavy atom. The Morgan fingerprint density at radius 1 is 1.56 bits per heavy atom. The van der Waals surface area contributed by atoms with Crippen LogP contribution in [-0.2, 0) is 9.53 Å². The van der Waals surface area contributed by atoms with Gasteiger partial charge in [0.25, 0.3) is 0 Å². The lowest BCUT2D eigenvalue weighted by Crippen LogP contribution is -2.46. The van der Waals surface area contributed by atoms with Gasteiger partial charge in [0, 0.05) is 12.6 Å². The van der Waals surface area contributed by atoms with Gasteiger partial charge in [0.05, 0.1) is 7.11 Å². The average Bonchev–Trinajstić information content (AvgIpc) is 2.35. The Kier molecular flexibility index (Phi) is 6.31. The highest BCUT2D eigenvalue weighted by molar-refractivity contribution is 9.10. The van der Waals surface area contributed by atoms with E-state index in [0.29, 0.717) is 6.04 Å². The molecule has 1 heterocycles. The molecule has 0 spiro atoms.